The molecule has 2 saturated heterocycles. The summed E-state index contributed by atoms with van der Waals surface area (Å²) in [5, 5.41) is 1.04. The molecule has 2 aliphatic heterocycles. The minimum Gasteiger partial charge on any atom is -0.294 e. The van der Waals surface area contributed by atoms with E-state index in [1.807, 2.05) is 0 Å². The van der Waals surface area contributed by atoms with Crippen molar-refractivity contribution in [1.82, 2.24) is 15.3 Å². The zero-order chi connectivity index (χ0) is 16.4. The van der Waals surface area contributed by atoms with Gasteiger partial charge in [0.25, 0.3) is 17.7 Å². The largest absolute Gasteiger partial charge is 0.294 e. The zero-order valence-electron chi connectivity index (χ0n) is 13.7. The normalized spacial score (nSPS) is 42.9. The number of hydrogen-bond donors (Lipinski definition) is 1. The Hall–Kier alpha value is -1.69. The van der Waals surface area contributed by atoms with Crippen molar-refractivity contribution in [3.63, 3.8) is 0 Å². The first-order valence-electron chi connectivity index (χ1n) is 9.23. The Morgan fingerprint density at radius 3 is 2.17 bits per heavy atom. The number of hydrogen-bond acceptors (Lipinski definition) is 4. The zero-order valence-corrected chi connectivity index (χ0v) is 13.7. The van der Waals surface area contributed by atoms with Crippen molar-refractivity contribution in [3.05, 3.63) is 12.2 Å². The molecule has 24 heavy (non-hydrogen) atoms. The van der Waals surface area contributed by atoms with Crippen molar-refractivity contribution >= 4 is 17.7 Å². The minimum absolute atomic E-state index is 0.193. The molecule has 3 amide bonds. The van der Waals surface area contributed by atoms with Crippen LogP contribution in [0, 0.1) is 35.5 Å². The second-order valence-corrected chi connectivity index (χ2v) is 8.04. The van der Waals surface area contributed by atoms with Crippen LogP contribution in [0.4, 0.5) is 0 Å². The van der Waals surface area contributed by atoms with Crippen molar-refractivity contribution in [2.75, 3.05) is 19.6 Å². The molecule has 6 heteroatoms. The Balaban J connectivity index is 1.29. The Bertz CT molecular complexity index is 603. The number of imide groups is 1. The van der Waals surface area contributed by atoms with Crippen LogP contribution in [-0.4, -0.2) is 47.3 Å². The predicted molar refractivity (Wildman–Crippen MR) is 85.0 cm³/mol. The number of nitrogens with one attached hydrogen (secondary N) is 1. The van der Waals surface area contributed by atoms with E-state index in [0.717, 1.165) is 37.4 Å². The maximum atomic E-state index is 12.8. The van der Waals surface area contributed by atoms with Gasteiger partial charge in [-0.2, -0.15) is 5.01 Å². The van der Waals surface area contributed by atoms with Gasteiger partial charge >= 0.3 is 0 Å². The lowest BCUT2D eigenvalue weighted by Crippen LogP contribution is -2.50. The highest BCUT2D eigenvalue weighted by molar-refractivity contribution is 6.07. The Labute approximate surface area is 141 Å². The van der Waals surface area contributed by atoms with Crippen molar-refractivity contribution in [3.8, 4) is 0 Å². The maximum absolute atomic E-state index is 12.8. The first-order chi connectivity index (χ1) is 11.6. The molecule has 6 nitrogen and oxygen atoms in total. The van der Waals surface area contributed by atoms with Gasteiger partial charge in [-0.1, -0.05) is 18.6 Å². The molecular formula is C18H23N3O3. The summed E-state index contributed by atoms with van der Waals surface area (Å²) in [5.74, 6) is 0.448. The average Bonchev–Trinajstić information content (AvgIpc) is 3.37. The quantitative estimate of drug-likeness (QED) is 0.607. The number of amides is 3. The fraction of sp³-hybridized carbons (Fsp3) is 0.722. The molecule has 1 N–H and O–H groups in total. The molecule has 0 unspecified atom stereocenters. The topological polar surface area (TPSA) is 69.7 Å². The van der Waals surface area contributed by atoms with Crippen molar-refractivity contribution in [2.24, 2.45) is 35.5 Å². The molecule has 6 atom stereocenters. The molecule has 0 spiro atoms. The van der Waals surface area contributed by atoms with Gasteiger partial charge in [0.05, 0.1) is 18.4 Å². The molecule has 6 aliphatic rings. The maximum Gasteiger partial charge on any atom is 0.253 e. The summed E-state index contributed by atoms with van der Waals surface area (Å²) in [6.45, 7) is 2.10. The molecule has 2 bridgehead atoms. The van der Waals surface area contributed by atoms with E-state index >= 15 is 0 Å². The third kappa shape index (κ3) is 2.01. The van der Waals surface area contributed by atoms with Crippen molar-refractivity contribution < 1.29 is 14.4 Å². The van der Waals surface area contributed by atoms with Crippen molar-refractivity contribution in [2.45, 2.75) is 25.7 Å². The molecule has 0 aromatic rings. The number of rotatable bonds is 3. The van der Waals surface area contributed by atoms with E-state index in [1.54, 1.807) is 0 Å². The highest BCUT2D eigenvalue weighted by atomic mass is 16.2. The lowest BCUT2D eigenvalue weighted by atomic mass is 9.63. The molecular weight excluding hydrogens is 306 g/mol. The summed E-state index contributed by atoms with van der Waals surface area (Å²) in [4.78, 5) is 39.9. The van der Waals surface area contributed by atoms with Crippen LogP contribution in [-0.2, 0) is 14.4 Å². The summed E-state index contributed by atoms with van der Waals surface area (Å²) < 4.78 is 0. The fourth-order valence-corrected chi connectivity index (χ4v) is 5.55. The van der Waals surface area contributed by atoms with E-state index in [4.69, 9.17) is 0 Å². The van der Waals surface area contributed by atoms with E-state index in [-0.39, 0.29) is 47.9 Å². The van der Waals surface area contributed by atoms with E-state index in [9.17, 15) is 14.4 Å². The second kappa shape index (κ2) is 5.15. The highest BCUT2D eigenvalue weighted by Crippen LogP contribution is 2.65. The Morgan fingerprint density at radius 2 is 1.58 bits per heavy atom. The number of nitrogens with zero attached hydrogens (tertiary/aromatic N) is 2. The third-order valence-corrected chi connectivity index (χ3v) is 6.72. The molecule has 0 radical (unpaired) electrons. The van der Waals surface area contributed by atoms with E-state index in [2.05, 4.69) is 22.5 Å². The van der Waals surface area contributed by atoms with Gasteiger partial charge in [-0.15, -0.1) is 0 Å². The van der Waals surface area contributed by atoms with Crippen LogP contribution in [0.15, 0.2) is 12.2 Å². The molecule has 128 valence electrons. The average molecular weight is 329 g/mol. The van der Waals surface area contributed by atoms with Gasteiger partial charge < -0.3 is 0 Å². The van der Waals surface area contributed by atoms with Gasteiger partial charge in [-0.25, -0.2) is 0 Å². The Kier molecular flexibility index (Phi) is 3.14. The third-order valence-electron chi connectivity index (χ3n) is 6.72. The number of hydrazine groups is 1. The van der Waals surface area contributed by atoms with E-state index < -0.39 is 0 Å². The van der Waals surface area contributed by atoms with Crippen LogP contribution in [0.3, 0.4) is 0 Å². The number of allylic oxidation sites excluding steroid dienone is 2. The summed E-state index contributed by atoms with van der Waals surface area (Å²) >= 11 is 0. The number of carbonyl (C=O) groups excluding carboxylic acids is 3. The van der Waals surface area contributed by atoms with Gasteiger partial charge in [0.1, 0.15) is 0 Å². The standard InChI is InChI=1S/C18H23N3O3/c22-14(9-20-6-2-1-3-7-20)19-21-17(23)15-10-4-5-11(13-8-12(10)13)16(15)18(21)24/h4-5,10-13,15-16H,1-3,6-9H2,(H,19,22)/t10-,11-,12-,13-,15-,16+/m0/s1. The SMILES string of the molecule is O=C(CN1CCCCC1)NN1C(=O)[C@@H]2[C@H]3C=C[C@@H]([C@@H]4C[C@@H]34)[C@@H]2C1=O. The lowest BCUT2D eigenvalue weighted by Gasteiger charge is -2.37. The van der Waals surface area contributed by atoms with E-state index in [1.165, 1.54) is 6.42 Å². The first kappa shape index (κ1) is 14.6. The molecule has 2 saturated carbocycles. The summed E-state index contributed by atoms with van der Waals surface area (Å²) in [6.07, 6.45) is 8.86. The second-order valence-electron chi connectivity index (χ2n) is 8.04. The molecule has 0 aromatic carbocycles. The lowest BCUT2D eigenvalue weighted by molar-refractivity contribution is -0.149. The first-order valence-corrected chi connectivity index (χ1v) is 9.23. The van der Waals surface area contributed by atoms with Crippen LogP contribution in [0.1, 0.15) is 25.7 Å². The number of carbonyl (C=O) groups is 3. The van der Waals surface area contributed by atoms with Gasteiger partial charge in [0.2, 0.25) is 0 Å². The van der Waals surface area contributed by atoms with Crippen LogP contribution in [0.5, 0.6) is 0 Å². The highest BCUT2D eigenvalue weighted by Gasteiger charge is 2.67. The van der Waals surface area contributed by atoms with Crippen molar-refractivity contribution in [1.29, 1.82) is 0 Å². The molecule has 4 fully saturated rings. The fourth-order valence-electron chi connectivity index (χ4n) is 5.55. The Morgan fingerprint density at radius 1 is 1.00 bits per heavy atom. The molecule has 0 aromatic heterocycles. The van der Waals surface area contributed by atoms with Gasteiger partial charge in [-0.3, -0.25) is 24.7 Å². The van der Waals surface area contributed by atoms with Gasteiger partial charge in [0.15, 0.2) is 0 Å². The molecule has 2 heterocycles. The van der Waals surface area contributed by atoms with Crippen LogP contribution < -0.4 is 5.43 Å². The van der Waals surface area contributed by atoms with E-state index in [0.29, 0.717) is 11.8 Å². The minimum atomic E-state index is -0.247. The van der Waals surface area contributed by atoms with Gasteiger partial charge in [0, 0.05) is 0 Å². The summed E-state index contributed by atoms with van der Waals surface area (Å²) in [7, 11) is 0. The predicted octanol–water partition coefficient (Wildman–Crippen LogP) is 0.557. The number of likely N-dealkylation sites (tertiary alicyclic amines) is 1. The van der Waals surface area contributed by atoms with Gasteiger partial charge in [-0.05, 0) is 56.0 Å². The summed E-state index contributed by atoms with van der Waals surface area (Å²) in [6, 6.07) is 0. The van der Waals surface area contributed by atoms with Crippen LogP contribution in [0.2, 0.25) is 0 Å². The number of piperidine rings is 1. The molecule has 6 rings (SSSR count). The molecule has 4 aliphatic carbocycles. The van der Waals surface area contributed by atoms with Crippen LogP contribution in [0.25, 0.3) is 0 Å². The summed E-state index contributed by atoms with van der Waals surface area (Å²) in [5.41, 5.74) is 2.61. The smallest absolute Gasteiger partial charge is 0.253 e. The van der Waals surface area contributed by atoms with Crippen LogP contribution >= 0.6 is 0 Å². The monoisotopic (exact) mass is 329 g/mol.